The molecular formula is C20H18N5O8PS. The number of benzene rings is 1. The third-order valence-electron chi connectivity index (χ3n) is 5.79. The molecule has 2 aliphatic heterocycles. The first kappa shape index (κ1) is 22.5. The zero-order valence-corrected chi connectivity index (χ0v) is 19.5. The summed E-state index contributed by atoms with van der Waals surface area (Å²) in [4.78, 5) is 36.6. The fourth-order valence-corrected chi connectivity index (χ4v) is 5.86. The van der Waals surface area contributed by atoms with Crippen LogP contribution in [-0.4, -0.2) is 70.8 Å². The number of carboxylic acids is 1. The van der Waals surface area contributed by atoms with Gasteiger partial charge < -0.3 is 29.0 Å². The number of imidazole rings is 2. The normalized spacial score (nSPS) is 26.4. The Morgan fingerprint density at radius 1 is 1.29 bits per heavy atom. The van der Waals surface area contributed by atoms with E-state index in [-0.39, 0.29) is 34.5 Å². The summed E-state index contributed by atoms with van der Waals surface area (Å²) < 4.78 is 30.7. The molecule has 0 radical (unpaired) electrons. The number of nitrogens with zero attached hydrogens (tertiary/aromatic N) is 4. The summed E-state index contributed by atoms with van der Waals surface area (Å²) in [6.07, 6.45) is -2.44. The van der Waals surface area contributed by atoms with E-state index < -0.39 is 44.3 Å². The van der Waals surface area contributed by atoms with Crippen LogP contribution in [0.4, 0.5) is 0 Å². The fraction of sp³-hybridized carbons (Fsp3) is 0.300. The molecule has 0 saturated carbocycles. The zero-order chi connectivity index (χ0) is 24.3. The summed E-state index contributed by atoms with van der Waals surface area (Å²) in [5, 5.41) is 20.3. The third-order valence-corrected chi connectivity index (χ3v) is 7.60. The first-order valence-electron chi connectivity index (χ1n) is 10.5. The van der Waals surface area contributed by atoms with Crippen molar-refractivity contribution in [3.8, 4) is 11.3 Å². The average Bonchev–Trinajstić information content (AvgIpc) is 3.53. The summed E-state index contributed by atoms with van der Waals surface area (Å²) >= 11 is 0.857. The Morgan fingerprint density at radius 3 is 2.86 bits per heavy atom. The van der Waals surface area contributed by atoms with E-state index >= 15 is 0 Å². The quantitative estimate of drug-likeness (QED) is 0.256. The number of aromatic nitrogens is 5. The van der Waals surface area contributed by atoms with Crippen molar-refractivity contribution in [3.63, 3.8) is 0 Å². The van der Waals surface area contributed by atoms with Gasteiger partial charge in [-0.2, -0.15) is 4.98 Å². The third kappa shape index (κ3) is 3.78. The van der Waals surface area contributed by atoms with Crippen molar-refractivity contribution in [2.75, 3.05) is 12.4 Å². The van der Waals surface area contributed by atoms with Gasteiger partial charge in [0.2, 0.25) is 5.78 Å². The monoisotopic (exact) mass is 519 g/mol. The molecule has 3 unspecified atom stereocenters. The molecule has 0 amide bonds. The van der Waals surface area contributed by atoms with E-state index in [2.05, 4.69) is 15.0 Å². The standard InChI is InChI=1S/C20H18N5O8PS/c26-12(27)8-35-20-22-13-16(25(20)18-14(28)15-11(32-18)7-31-34(30)33-15)23-19-21-10(6-24(19)17(13)29)9-4-2-1-3-5-9/h1-6,11,14-15,18,28,34H,7-8H2,(H,21,23)(H,26,27)/t11?,14?,15-,18-/m1/s1. The largest absolute Gasteiger partial charge is 0.481 e. The molecule has 15 heteroatoms. The van der Waals surface area contributed by atoms with Gasteiger partial charge in [0, 0.05) is 6.20 Å². The van der Waals surface area contributed by atoms with Gasteiger partial charge in [-0.25, -0.2) is 9.38 Å². The maximum Gasteiger partial charge on any atom is 0.319 e. The topological polar surface area (TPSA) is 170 Å². The fourth-order valence-electron chi connectivity index (χ4n) is 4.24. The smallest absolute Gasteiger partial charge is 0.319 e. The summed E-state index contributed by atoms with van der Waals surface area (Å²) in [5.41, 5.74) is 1.11. The zero-order valence-electron chi connectivity index (χ0n) is 17.7. The molecule has 1 aromatic carbocycles. The van der Waals surface area contributed by atoms with E-state index in [9.17, 15) is 24.4 Å². The lowest BCUT2D eigenvalue weighted by atomic mass is 10.1. The van der Waals surface area contributed by atoms with Crippen LogP contribution in [0.2, 0.25) is 0 Å². The number of aromatic amines is 1. The molecule has 182 valence electrons. The molecule has 0 spiro atoms. The van der Waals surface area contributed by atoms with Crippen LogP contribution >= 0.6 is 20.0 Å². The number of carboxylic acid groups (broad SMARTS) is 1. The molecule has 13 nitrogen and oxygen atoms in total. The van der Waals surface area contributed by atoms with Crippen molar-refractivity contribution in [2.45, 2.75) is 29.7 Å². The van der Waals surface area contributed by atoms with Crippen molar-refractivity contribution in [3.05, 3.63) is 46.9 Å². The molecule has 2 aliphatic rings. The number of carbonyl (C=O) groups is 1. The molecule has 4 aromatic rings. The van der Waals surface area contributed by atoms with Crippen LogP contribution < -0.4 is 5.56 Å². The van der Waals surface area contributed by atoms with Gasteiger partial charge in [0.15, 0.2) is 22.5 Å². The number of hydrogen-bond donors (Lipinski definition) is 3. The summed E-state index contributed by atoms with van der Waals surface area (Å²) in [7, 11) is -2.77. The second-order valence-corrected chi connectivity index (χ2v) is 9.93. The van der Waals surface area contributed by atoms with Crippen LogP contribution in [0.25, 0.3) is 28.2 Å². The Labute approximate surface area is 200 Å². The van der Waals surface area contributed by atoms with Crippen molar-refractivity contribution in [1.29, 1.82) is 0 Å². The molecule has 5 heterocycles. The number of aliphatic carboxylic acids is 1. The number of rotatable bonds is 5. The minimum Gasteiger partial charge on any atom is -0.481 e. The van der Waals surface area contributed by atoms with Gasteiger partial charge in [-0.05, 0) is 5.56 Å². The Kier molecular flexibility index (Phi) is 5.51. The number of hydrogen-bond acceptors (Lipinski definition) is 10. The first-order valence-corrected chi connectivity index (χ1v) is 12.7. The van der Waals surface area contributed by atoms with E-state index in [1.807, 2.05) is 30.3 Å². The second-order valence-electron chi connectivity index (χ2n) is 7.96. The molecule has 35 heavy (non-hydrogen) atoms. The van der Waals surface area contributed by atoms with Crippen LogP contribution in [0.5, 0.6) is 0 Å². The Morgan fingerprint density at radius 2 is 2.09 bits per heavy atom. The van der Waals surface area contributed by atoms with Gasteiger partial charge in [0.1, 0.15) is 18.3 Å². The number of aliphatic hydroxyl groups is 1. The van der Waals surface area contributed by atoms with Crippen molar-refractivity contribution in [1.82, 2.24) is 23.9 Å². The summed E-state index contributed by atoms with van der Waals surface area (Å²) in [6, 6.07) is 9.38. The van der Waals surface area contributed by atoms with Gasteiger partial charge in [0.25, 0.3) is 5.56 Å². The maximum absolute atomic E-state index is 13.3. The highest BCUT2D eigenvalue weighted by Gasteiger charge is 2.50. The number of aliphatic hydroxyl groups excluding tert-OH is 1. The molecule has 0 aliphatic carbocycles. The predicted molar refractivity (Wildman–Crippen MR) is 123 cm³/mol. The highest BCUT2D eigenvalue weighted by Crippen LogP contribution is 2.44. The molecule has 0 bridgehead atoms. The molecular weight excluding hydrogens is 501 g/mol. The van der Waals surface area contributed by atoms with E-state index in [4.69, 9.17) is 13.8 Å². The number of H-pyrrole nitrogens is 1. The lowest BCUT2D eigenvalue weighted by molar-refractivity contribution is -0.133. The van der Waals surface area contributed by atoms with Gasteiger partial charge in [-0.15, -0.1) is 0 Å². The van der Waals surface area contributed by atoms with Gasteiger partial charge in [0.05, 0.1) is 18.1 Å². The Hall–Kier alpha value is -3.00. The predicted octanol–water partition coefficient (Wildman–Crippen LogP) is 1.28. The Bertz CT molecular complexity index is 1540. The molecule has 3 aromatic heterocycles. The second kappa shape index (κ2) is 8.59. The van der Waals surface area contributed by atoms with Crippen molar-refractivity contribution in [2.24, 2.45) is 0 Å². The average molecular weight is 519 g/mol. The number of nitrogens with one attached hydrogen (secondary N) is 1. The van der Waals surface area contributed by atoms with Crippen LogP contribution in [0.3, 0.4) is 0 Å². The lowest BCUT2D eigenvalue weighted by Gasteiger charge is -2.24. The van der Waals surface area contributed by atoms with Gasteiger partial charge in [-0.1, -0.05) is 42.1 Å². The van der Waals surface area contributed by atoms with E-state index in [0.29, 0.717) is 5.69 Å². The SMILES string of the molecule is O=C(O)CSc1nc2c(=O)n3cc(-c4ccccc4)[nH]c3nc2n1[C@@H]1OC2CO[PH](=O)O[C@H]2C1O. The van der Waals surface area contributed by atoms with Gasteiger partial charge in [-0.3, -0.25) is 18.7 Å². The van der Waals surface area contributed by atoms with Crippen molar-refractivity contribution >= 4 is 42.9 Å². The highest BCUT2D eigenvalue weighted by atomic mass is 32.2. The van der Waals surface area contributed by atoms with E-state index in [1.54, 1.807) is 6.20 Å². The summed E-state index contributed by atoms with van der Waals surface area (Å²) in [6.45, 7) is -0.0440. The summed E-state index contributed by atoms with van der Waals surface area (Å²) in [5.74, 6) is -1.20. The van der Waals surface area contributed by atoms with Crippen molar-refractivity contribution < 1.29 is 33.4 Å². The Balaban J connectivity index is 1.51. The molecule has 2 saturated heterocycles. The van der Waals surface area contributed by atoms with Crippen LogP contribution in [0, 0.1) is 0 Å². The molecule has 6 rings (SSSR count). The lowest BCUT2D eigenvalue weighted by Crippen LogP contribution is -2.37. The number of fused-ring (bicyclic) bond motifs is 3. The minimum absolute atomic E-state index is 0.0228. The molecule has 2 fully saturated rings. The van der Waals surface area contributed by atoms with Crippen LogP contribution in [0.15, 0.2) is 46.5 Å². The first-order chi connectivity index (χ1) is 16.9. The number of ether oxygens (including phenoxy) is 1. The number of thioether (sulfide) groups is 1. The highest BCUT2D eigenvalue weighted by molar-refractivity contribution is 7.99. The van der Waals surface area contributed by atoms with E-state index in [0.717, 1.165) is 17.3 Å². The van der Waals surface area contributed by atoms with Crippen LogP contribution in [0.1, 0.15) is 6.23 Å². The maximum atomic E-state index is 13.3. The van der Waals surface area contributed by atoms with Gasteiger partial charge >= 0.3 is 14.2 Å². The molecule has 3 N–H and O–H groups in total. The minimum atomic E-state index is -2.77. The van der Waals surface area contributed by atoms with E-state index in [1.165, 1.54) is 8.97 Å². The van der Waals surface area contributed by atoms with Crippen LogP contribution in [-0.2, 0) is 23.1 Å². The molecule has 5 atom stereocenters.